The highest BCUT2D eigenvalue weighted by Gasteiger charge is 1.56. The summed E-state index contributed by atoms with van der Waals surface area (Å²) in [6, 6.07) is 0. The van der Waals surface area contributed by atoms with Crippen LogP contribution in [0.3, 0.4) is 0 Å². The first-order chi connectivity index (χ1) is 1.73. The first-order valence-corrected chi connectivity index (χ1v) is 2.15. The summed E-state index contributed by atoms with van der Waals surface area (Å²) in [4.78, 5) is 0. The molecule has 0 aliphatic rings. The van der Waals surface area contributed by atoms with Crippen molar-refractivity contribution in [1.82, 2.24) is 0 Å². The fourth-order valence-electron chi connectivity index (χ4n) is 0. The molecule has 0 amide bonds. The van der Waals surface area contributed by atoms with Crippen molar-refractivity contribution in [2.24, 2.45) is 0 Å². The van der Waals surface area contributed by atoms with Crippen LogP contribution in [0.25, 0.3) is 0 Å². The number of hydrogen-bond acceptors (Lipinski definition) is 1. The molecule has 0 aromatic rings. The van der Waals surface area contributed by atoms with Gasteiger partial charge in [-0.1, -0.05) is 21.5 Å². The summed E-state index contributed by atoms with van der Waals surface area (Å²) >= 11 is 8.02. The SMILES string of the molecule is PC(=S)S. The minimum atomic E-state index is 0.611. The highest BCUT2D eigenvalue weighted by Crippen LogP contribution is 1.90. The van der Waals surface area contributed by atoms with E-state index in [1.807, 2.05) is 0 Å². The Hall–Kier alpha value is 0.870. The third kappa shape index (κ3) is 13.3. The molecule has 4 heavy (non-hydrogen) atoms. The molecule has 0 spiro atoms. The van der Waals surface area contributed by atoms with Crippen LogP contribution in [0.5, 0.6) is 0 Å². The summed E-state index contributed by atoms with van der Waals surface area (Å²) in [6.45, 7) is 0. The molecule has 3 heteroatoms. The Balaban J connectivity index is 2.80. The van der Waals surface area contributed by atoms with E-state index >= 15 is 0 Å². The molecule has 0 heterocycles. The lowest BCUT2D eigenvalue weighted by Gasteiger charge is -1.60. The largest absolute Gasteiger partial charge is 0.132 e. The Morgan fingerprint density at radius 3 is 2.00 bits per heavy atom. The zero-order chi connectivity index (χ0) is 3.58. The van der Waals surface area contributed by atoms with Crippen LogP contribution in [0.1, 0.15) is 0 Å². The van der Waals surface area contributed by atoms with Crippen LogP contribution in [0.2, 0.25) is 0 Å². The summed E-state index contributed by atoms with van der Waals surface area (Å²) in [5, 5.41) is 0. The first-order valence-electron chi connectivity index (χ1n) is 0.716. The zero-order valence-corrected chi connectivity index (χ0v) is 4.80. The van der Waals surface area contributed by atoms with Crippen LogP contribution < -0.4 is 0 Å². The topological polar surface area (TPSA) is 0 Å². The maximum Gasteiger partial charge on any atom is 0.0615 e. The van der Waals surface area contributed by atoms with Crippen molar-refractivity contribution in [2.45, 2.75) is 0 Å². The van der Waals surface area contributed by atoms with Crippen LogP contribution in [0, 0.1) is 0 Å². The van der Waals surface area contributed by atoms with Gasteiger partial charge in [0.05, 0.1) is 3.94 Å². The van der Waals surface area contributed by atoms with Crippen molar-refractivity contribution in [3.05, 3.63) is 0 Å². The Kier molecular flexibility index (Phi) is 2.59. The average molecular weight is 110 g/mol. The Labute approximate surface area is 38.6 Å². The Morgan fingerprint density at radius 1 is 2.00 bits per heavy atom. The fraction of sp³-hybridized carbons (Fsp3) is 0. The predicted octanol–water partition coefficient (Wildman–Crippen LogP) is 1.08. The minimum Gasteiger partial charge on any atom is -0.132 e. The van der Waals surface area contributed by atoms with E-state index in [-0.39, 0.29) is 0 Å². The smallest absolute Gasteiger partial charge is 0.0615 e. The second-order valence-electron chi connectivity index (χ2n) is 0.338. The Morgan fingerprint density at radius 2 is 2.00 bits per heavy atom. The quantitative estimate of drug-likeness (QED) is 0.276. The van der Waals surface area contributed by atoms with Gasteiger partial charge in [0.1, 0.15) is 0 Å². The van der Waals surface area contributed by atoms with Gasteiger partial charge in [-0.05, 0) is 0 Å². The third-order valence-electron chi connectivity index (χ3n) is 0. The van der Waals surface area contributed by atoms with Crippen molar-refractivity contribution in [3.63, 3.8) is 0 Å². The molecule has 0 aromatic carbocycles. The number of rotatable bonds is 0. The summed E-state index contributed by atoms with van der Waals surface area (Å²) in [5.41, 5.74) is 0. The number of thiocarbonyl (C=S) groups is 1. The van der Waals surface area contributed by atoms with Crippen molar-refractivity contribution in [2.75, 3.05) is 0 Å². The van der Waals surface area contributed by atoms with Crippen LogP contribution >= 0.6 is 34.1 Å². The second kappa shape index (κ2) is 2.13. The fourth-order valence-corrected chi connectivity index (χ4v) is 0. The molecule has 0 N–H and O–H groups in total. The maximum absolute atomic E-state index is 4.36. The van der Waals surface area contributed by atoms with E-state index in [4.69, 9.17) is 0 Å². The van der Waals surface area contributed by atoms with Gasteiger partial charge in [-0.2, -0.15) is 0 Å². The molecular formula is CH3PS2. The molecule has 0 aromatic heterocycles. The van der Waals surface area contributed by atoms with E-state index in [0.29, 0.717) is 3.94 Å². The number of thiol groups is 1. The molecule has 0 aliphatic carbocycles. The minimum absolute atomic E-state index is 0.611. The molecule has 0 nitrogen and oxygen atoms in total. The van der Waals surface area contributed by atoms with E-state index in [1.54, 1.807) is 0 Å². The molecule has 0 aliphatic heterocycles. The van der Waals surface area contributed by atoms with Gasteiger partial charge < -0.3 is 0 Å². The summed E-state index contributed by atoms with van der Waals surface area (Å²) < 4.78 is 0.611. The van der Waals surface area contributed by atoms with Crippen molar-refractivity contribution in [1.29, 1.82) is 0 Å². The van der Waals surface area contributed by atoms with Gasteiger partial charge in [0.2, 0.25) is 0 Å². The molecule has 0 bridgehead atoms. The van der Waals surface area contributed by atoms with Gasteiger partial charge in [0.15, 0.2) is 0 Å². The summed E-state index contributed by atoms with van der Waals surface area (Å²) in [6.07, 6.45) is 0. The lowest BCUT2D eigenvalue weighted by atomic mass is 11.9. The van der Waals surface area contributed by atoms with Gasteiger partial charge in [-0.25, -0.2) is 0 Å². The molecule has 0 saturated carbocycles. The normalized spacial score (nSPS) is 6.50. The van der Waals surface area contributed by atoms with Crippen molar-refractivity contribution >= 4 is 38.0 Å². The first kappa shape index (κ1) is 4.87. The molecule has 0 radical (unpaired) electrons. The molecule has 1 unspecified atom stereocenters. The molecule has 1 atom stereocenters. The molecule has 0 fully saturated rings. The lowest BCUT2D eigenvalue weighted by molar-refractivity contribution is 4.20. The molecule has 0 saturated heterocycles. The average Bonchev–Trinajstić information content (AvgIpc) is 0.811. The van der Waals surface area contributed by atoms with Crippen LogP contribution in [-0.2, 0) is 0 Å². The van der Waals surface area contributed by atoms with E-state index < -0.39 is 0 Å². The summed E-state index contributed by atoms with van der Waals surface area (Å²) in [5.74, 6) is 0. The highest BCUT2D eigenvalue weighted by atomic mass is 32.1. The lowest BCUT2D eigenvalue weighted by Crippen LogP contribution is -1.43. The second-order valence-corrected chi connectivity index (χ2v) is 3.04. The van der Waals surface area contributed by atoms with Gasteiger partial charge in [-0.15, -0.1) is 12.6 Å². The van der Waals surface area contributed by atoms with Crippen LogP contribution in [0.4, 0.5) is 0 Å². The molecule has 24 valence electrons. The molecule has 0 rings (SSSR count). The Bertz CT molecular complexity index is 29.0. The summed E-state index contributed by atoms with van der Waals surface area (Å²) in [7, 11) is 2.25. The van der Waals surface area contributed by atoms with E-state index in [1.165, 1.54) is 0 Å². The maximum atomic E-state index is 4.36. The third-order valence-corrected chi connectivity index (χ3v) is 0. The molecular weight excluding hydrogens is 107 g/mol. The van der Waals surface area contributed by atoms with E-state index in [9.17, 15) is 0 Å². The standard InChI is InChI=1S/CH3PS2/c2-1(3)4/h2H2,(H,3,4). The van der Waals surface area contributed by atoms with E-state index in [2.05, 4.69) is 34.1 Å². The van der Waals surface area contributed by atoms with Crippen LogP contribution in [0.15, 0.2) is 0 Å². The van der Waals surface area contributed by atoms with Gasteiger partial charge in [0, 0.05) is 0 Å². The highest BCUT2D eigenvalue weighted by molar-refractivity contribution is 8.21. The zero-order valence-electron chi connectivity index (χ0n) is 1.93. The van der Waals surface area contributed by atoms with Crippen molar-refractivity contribution < 1.29 is 0 Å². The van der Waals surface area contributed by atoms with E-state index in [0.717, 1.165) is 0 Å². The monoisotopic (exact) mass is 110 g/mol. The van der Waals surface area contributed by atoms with Gasteiger partial charge in [0.25, 0.3) is 0 Å². The predicted molar refractivity (Wildman–Crippen MR) is 31.3 cm³/mol. The van der Waals surface area contributed by atoms with Gasteiger partial charge in [-0.3, -0.25) is 0 Å². The number of hydrogen-bond donors (Lipinski definition) is 1. The van der Waals surface area contributed by atoms with Crippen LogP contribution in [-0.4, -0.2) is 3.94 Å². The van der Waals surface area contributed by atoms with Crippen molar-refractivity contribution in [3.8, 4) is 0 Å². The van der Waals surface area contributed by atoms with Gasteiger partial charge >= 0.3 is 0 Å².